The molecular weight excluding hydrogens is 413 g/mol. The number of hydrogen-bond acceptors (Lipinski definition) is 2. The highest BCUT2D eigenvalue weighted by atomic mass is 127. The van der Waals surface area contributed by atoms with Gasteiger partial charge in [0.15, 0.2) is 5.43 Å². The van der Waals surface area contributed by atoms with Gasteiger partial charge in [-0.05, 0) is 34.7 Å². The standard InChI is InChI=1S/C14H6ClF2IN2O/c15-14-8(3-7(18)5-19-14)10-4-12(21)13-9(17)1-6(16)2-11(13)20-10/h1-5H,(H,20,21). The fraction of sp³-hybridized carbons (Fsp3) is 0. The van der Waals surface area contributed by atoms with Gasteiger partial charge in [0.1, 0.15) is 16.8 Å². The van der Waals surface area contributed by atoms with Crippen LogP contribution in [0.1, 0.15) is 0 Å². The molecule has 21 heavy (non-hydrogen) atoms. The maximum Gasteiger partial charge on any atom is 0.192 e. The second-order valence-corrected chi connectivity index (χ2v) is 5.95. The van der Waals surface area contributed by atoms with Crippen LogP contribution in [0.2, 0.25) is 5.15 Å². The first-order chi connectivity index (χ1) is 9.95. The van der Waals surface area contributed by atoms with E-state index in [1.807, 2.05) is 0 Å². The van der Waals surface area contributed by atoms with E-state index in [4.69, 9.17) is 11.6 Å². The Morgan fingerprint density at radius 2 is 1.95 bits per heavy atom. The van der Waals surface area contributed by atoms with E-state index in [2.05, 4.69) is 32.6 Å². The number of H-pyrrole nitrogens is 1. The minimum Gasteiger partial charge on any atom is -0.354 e. The number of benzene rings is 1. The number of nitrogens with zero attached hydrogens (tertiary/aromatic N) is 1. The number of aromatic amines is 1. The monoisotopic (exact) mass is 418 g/mol. The van der Waals surface area contributed by atoms with Gasteiger partial charge in [-0.2, -0.15) is 0 Å². The summed E-state index contributed by atoms with van der Waals surface area (Å²) in [4.78, 5) is 18.9. The molecule has 1 aromatic carbocycles. The van der Waals surface area contributed by atoms with Crippen LogP contribution < -0.4 is 5.43 Å². The molecule has 106 valence electrons. The van der Waals surface area contributed by atoms with Gasteiger partial charge in [0, 0.05) is 27.5 Å². The summed E-state index contributed by atoms with van der Waals surface area (Å²) in [5, 5.41) is 0.0113. The molecule has 2 heterocycles. The summed E-state index contributed by atoms with van der Waals surface area (Å²) in [6.45, 7) is 0. The van der Waals surface area contributed by atoms with Gasteiger partial charge in [-0.1, -0.05) is 11.6 Å². The summed E-state index contributed by atoms with van der Waals surface area (Å²) < 4.78 is 27.8. The molecule has 3 aromatic rings. The van der Waals surface area contributed by atoms with Crippen LogP contribution in [0.3, 0.4) is 0 Å². The van der Waals surface area contributed by atoms with E-state index < -0.39 is 17.1 Å². The van der Waals surface area contributed by atoms with Crippen LogP contribution >= 0.6 is 34.2 Å². The van der Waals surface area contributed by atoms with Crippen LogP contribution in [0.5, 0.6) is 0 Å². The molecular formula is C14H6ClF2IN2O. The van der Waals surface area contributed by atoms with Crippen molar-refractivity contribution in [2.24, 2.45) is 0 Å². The number of nitrogens with one attached hydrogen (secondary N) is 1. The number of hydrogen-bond donors (Lipinski definition) is 1. The van der Waals surface area contributed by atoms with Crippen molar-refractivity contribution in [3.8, 4) is 11.3 Å². The average molecular weight is 419 g/mol. The Hall–Kier alpha value is -1.54. The Morgan fingerprint density at radius 3 is 2.71 bits per heavy atom. The Morgan fingerprint density at radius 1 is 1.19 bits per heavy atom. The van der Waals surface area contributed by atoms with E-state index in [1.165, 1.54) is 6.07 Å². The molecule has 0 atom stereocenters. The molecule has 3 nitrogen and oxygen atoms in total. The Balaban J connectivity index is 2.35. The summed E-state index contributed by atoms with van der Waals surface area (Å²) in [5.41, 5.74) is 0.372. The third-order valence-electron chi connectivity index (χ3n) is 2.94. The molecule has 0 amide bonds. The van der Waals surface area contributed by atoms with Crippen molar-refractivity contribution in [1.82, 2.24) is 9.97 Å². The molecule has 7 heteroatoms. The topological polar surface area (TPSA) is 45.8 Å². The van der Waals surface area contributed by atoms with Gasteiger partial charge < -0.3 is 4.98 Å². The Labute approximate surface area is 136 Å². The molecule has 0 saturated heterocycles. The number of pyridine rings is 2. The van der Waals surface area contributed by atoms with Crippen molar-refractivity contribution >= 4 is 45.1 Å². The van der Waals surface area contributed by atoms with E-state index in [0.29, 0.717) is 17.3 Å². The molecule has 0 aliphatic heterocycles. The van der Waals surface area contributed by atoms with Gasteiger partial charge in [-0.25, -0.2) is 13.8 Å². The quantitative estimate of drug-likeness (QED) is 0.477. The lowest BCUT2D eigenvalue weighted by Crippen LogP contribution is -2.06. The van der Waals surface area contributed by atoms with Gasteiger partial charge in [-0.15, -0.1) is 0 Å². The van der Waals surface area contributed by atoms with E-state index in [0.717, 1.165) is 9.64 Å². The first-order valence-corrected chi connectivity index (χ1v) is 7.25. The highest BCUT2D eigenvalue weighted by Crippen LogP contribution is 2.27. The van der Waals surface area contributed by atoms with Crippen molar-refractivity contribution < 1.29 is 8.78 Å². The molecule has 0 saturated carbocycles. The first kappa shape index (κ1) is 14.4. The van der Waals surface area contributed by atoms with Crippen molar-refractivity contribution in [2.75, 3.05) is 0 Å². The van der Waals surface area contributed by atoms with E-state index in [1.54, 1.807) is 12.3 Å². The molecule has 0 aliphatic carbocycles. The minimum absolute atomic E-state index is 0.0740. The number of rotatable bonds is 1. The number of halogens is 4. The molecule has 0 fully saturated rings. The van der Waals surface area contributed by atoms with Crippen LogP contribution in [-0.2, 0) is 0 Å². The van der Waals surface area contributed by atoms with Crippen LogP contribution in [0.15, 0.2) is 35.3 Å². The van der Waals surface area contributed by atoms with Crippen LogP contribution in [-0.4, -0.2) is 9.97 Å². The zero-order valence-corrected chi connectivity index (χ0v) is 13.2. The fourth-order valence-corrected chi connectivity index (χ4v) is 2.72. The predicted molar refractivity (Wildman–Crippen MR) is 85.4 cm³/mol. The van der Waals surface area contributed by atoms with Gasteiger partial charge in [-0.3, -0.25) is 4.79 Å². The zero-order valence-electron chi connectivity index (χ0n) is 10.3. The predicted octanol–water partition coefficient (Wildman–Crippen LogP) is 4.13. The minimum atomic E-state index is -0.898. The third kappa shape index (κ3) is 2.65. The third-order valence-corrected chi connectivity index (χ3v) is 3.83. The Bertz CT molecular complexity index is 927. The summed E-state index contributed by atoms with van der Waals surface area (Å²) in [7, 11) is 0. The molecule has 0 radical (unpaired) electrons. The fourth-order valence-electron chi connectivity index (χ4n) is 2.06. The summed E-state index contributed by atoms with van der Waals surface area (Å²) in [5.74, 6) is -1.66. The zero-order chi connectivity index (χ0) is 15.1. The summed E-state index contributed by atoms with van der Waals surface area (Å²) >= 11 is 8.07. The van der Waals surface area contributed by atoms with E-state index in [9.17, 15) is 13.6 Å². The van der Waals surface area contributed by atoms with Crippen LogP contribution in [0.25, 0.3) is 22.2 Å². The average Bonchev–Trinajstić information content (AvgIpc) is 2.40. The van der Waals surface area contributed by atoms with Crippen molar-refractivity contribution in [3.05, 3.63) is 61.0 Å². The highest BCUT2D eigenvalue weighted by molar-refractivity contribution is 14.1. The second-order valence-electron chi connectivity index (χ2n) is 4.35. The lowest BCUT2D eigenvalue weighted by molar-refractivity contribution is 0.591. The van der Waals surface area contributed by atoms with Crippen LogP contribution in [0.4, 0.5) is 8.78 Å². The SMILES string of the molecule is O=c1cc(-c2cc(I)cnc2Cl)[nH]c2cc(F)cc(F)c12. The maximum atomic E-state index is 13.7. The molecule has 2 aromatic heterocycles. The Kier molecular flexibility index (Phi) is 3.66. The lowest BCUT2D eigenvalue weighted by Gasteiger charge is -2.07. The van der Waals surface area contributed by atoms with Gasteiger partial charge in [0.2, 0.25) is 0 Å². The van der Waals surface area contributed by atoms with Gasteiger partial charge in [0.25, 0.3) is 0 Å². The van der Waals surface area contributed by atoms with Gasteiger partial charge >= 0.3 is 0 Å². The normalized spacial score (nSPS) is 11.0. The first-order valence-electron chi connectivity index (χ1n) is 5.79. The van der Waals surface area contributed by atoms with E-state index in [-0.39, 0.29) is 16.1 Å². The summed E-state index contributed by atoms with van der Waals surface area (Å²) in [6, 6.07) is 4.70. The smallest absolute Gasteiger partial charge is 0.192 e. The molecule has 3 rings (SSSR count). The molecule has 0 bridgehead atoms. The summed E-state index contributed by atoms with van der Waals surface area (Å²) in [6.07, 6.45) is 1.57. The molecule has 1 N–H and O–H groups in total. The molecule has 0 unspecified atom stereocenters. The largest absolute Gasteiger partial charge is 0.354 e. The van der Waals surface area contributed by atoms with Gasteiger partial charge in [0.05, 0.1) is 16.6 Å². The second kappa shape index (κ2) is 5.34. The molecule has 0 spiro atoms. The lowest BCUT2D eigenvalue weighted by atomic mass is 10.1. The van der Waals surface area contributed by atoms with Crippen molar-refractivity contribution in [1.29, 1.82) is 0 Å². The maximum absolute atomic E-state index is 13.7. The number of aromatic nitrogens is 2. The highest BCUT2D eigenvalue weighted by Gasteiger charge is 2.13. The van der Waals surface area contributed by atoms with Crippen molar-refractivity contribution in [2.45, 2.75) is 0 Å². The van der Waals surface area contributed by atoms with Crippen LogP contribution in [0, 0.1) is 15.2 Å². The number of fused-ring (bicyclic) bond motifs is 1. The van der Waals surface area contributed by atoms with Crippen molar-refractivity contribution in [3.63, 3.8) is 0 Å². The van der Waals surface area contributed by atoms with E-state index >= 15 is 0 Å². The molecule has 0 aliphatic rings.